The first-order valence-electron chi connectivity index (χ1n) is 7.75. The van der Waals surface area contributed by atoms with Crippen LogP contribution in [0.25, 0.3) is 0 Å². The van der Waals surface area contributed by atoms with Crippen molar-refractivity contribution in [1.29, 1.82) is 0 Å². The lowest BCUT2D eigenvalue weighted by Crippen LogP contribution is -2.49. The molecule has 1 aliphatic heterocycles. The average Bonchev–Trinajstić information content (AvgIpc) is 3.29. The van der Waals surface area contributed by atoms with Gasteiger partial charge in [0, 0.05) is 43.6 Å². The van der Waals surface area contributed by atoms with Crippen molar-refractivity contribution < 1.29 is 4.79 Å². The van der Waals surface area contributed by atoms with Crippen LogP contribution in [-0.2, 0) is 4.79 Å². The normalized spacial score (nSPS) is 20.4. The van der Waals surface area contributed by atoms with Crippen LogP contribution in [0.3, 0.4) is 0 Å². The number of rotatable bonds is 4. The number of nitrogens with two attached hydrogens (primary N) is 1. The fraction of sp³-hybridized carbons (Fsp3) is 0.562. The quantitative estimate of drug-likeness (QED) is 0.820. The number of carbonyl (C=O) groups is 1. The lowest BCUT2D eigenvalue weighted by Gasteiger charge is -2.34. The smallest absolute Gasteiger partial charge is 0.238 e. The Kier molecular flexibility index (Phi) is 4.12. The van der Waals surface area contributed by atoms with Crippen LogP contribution >= 0.6 is 0 Å². The molecule has 2 fully saturated rings. The van der Waals surface area contributed by atoms with E-state index >= 15 is 0 Å². The van der Waals surface area contributed by atoms with Gasteiger partial charge in [0.25, 0.3) is 0 Å². The molecule has 1 amide bonds. The molecule has 3 N–H and O–H groups in total. The molecule has 0 atom stereocenters. The van der Waals surface area contributed by atoms with E-state index in [4.69, 9.17) is 5.73 Å². The van der Waals surface area contributed by atoms with Gasteiger partial charge in [-0.1, -0.05) is 6.07 Å². The Hall–Kier alpha value is -1.59. The number of nitrogen functional groups attached to an aromatic ring is 1. The summed E-state index contributed by atoms with van der Waals surface area (Å²) in [7, 11) is 0. The molecule has 5 nitrogen and oxygen atoms in total. The van der Waals surface area contributed by atoms with Gasteiger partial charge >= 0.3 is 0 Å². The van der Waals surface area contributed by atoms with Crippen molar-refractivity contribution in [2.75, 3.05) is 43.8 Å². The predicted molar refractivity (Wildman–Crippen MR) is 85.3 cm³/mol. The number of piperazine rings is 1. The molecule has 0 aromatic heterocycles. The maximum Gasteiger partial charge on any atom is 0.238 e. The van der Waals surface area contributed by atoms with Gasteiger partial charge in [0.15, 0.2) is 0 Å². The van der Waals surface area contributed by atoms with Gasteiger partial charge in [-0.25, -0.2) is 0 Å². The summed E-state index contributed by atoms with van der Waals surface area (Å²) < 4.78 is 0. The highest BCUT2D eigenvalue weighted by molar-refractivity contribution is 5.93. The maximum absolute atomic E-state index is 12.2. The Bertz CT molecular complexity index is 519. The van der Waals surface area contributed by atoms with Crippen LogP contribution in [0.4, 0.5) is 11.4 Å². The Morgan fingerprint density at radius 3 is 2.67 bits per heavy atom. The number of hydrogen-bond acceptors (Lipinski definition) is 4. The first kappa shape index (κ1) is 14.4. The molecule has 0 spiro atoms. The van der Waals surface area contributed by atoms with Gasteiger partial charge in [-0.05, 0) is 37.5 Å². The van der Waals surface area contributed by atoms with Gasteiger partial charge in [0.05, 0.1) is 6.54 Å². The van der Waals surface area contributed by atoms with E-state index in [1.54, 1.807) is 0 Å². The third-order valence-corrected chi connectivity index (χ3v) is 4.49. The molecule has 21 heavy (non-hydrogen) atoms. The van der Waals surface area contributed by atoms with Crippen LogP contribution in [0.2, 0.25) is 0 Å². The molecule has 0 unspecified atom stereocenters. The Labute approximate surface area is 126 Å². The van der Waals surface area contributed by atoms with Crippen molar-refractivity contribution in [2.45, 2.75) is 25.8 Å². The van der Waals surface area contributed by atoms with Crippen LogP contribution in [0, 0.1) is 6.92 Å². The van der Waals surface area contributed by atoms with E-state index in [9.17, 15) is 4.79 Å². The van der Waals surface area contributed by atoms with Crippen LogP contribution < -0.4 is 11.1 Å². The van der Waals surface area contributed by atoms with Crippen molar-refractivity contribution in [1.82, 2.24) is 9.80 Å². The van der Waals surface area contributed by atoms with Crippen molar-refractivity contribution >= 4 is 17.3 Å². The van der Waals surface area contributed by atoms with E-state index in [2.05, 4.69) is 15.1 Å². The summed E-state index contributed by atoms with van der Waals surface area (Å²) in [4.78, 5) is 16.9. The second kappa shape index (κ2) is 6.03. The highest BCUT2D eigenvalue weighted by Crippen LogP contribution is 2.27. The molecule has 1 heterocycles. The lowest BCUT2D eigenvalue weighted by atomic mass is 10.1. The number of amides is 1. The zero-order valence-corrected chi connectivity index (χ0v) is 12.6. The molecule has 1 saturated heterocycles. The Morgan fingerprint density at radius 1 is 1.29 bits per heavy atom. The molecule has 1 aromatic rings. The first-order valence-corrected chi connectivity index (χ1v) is 7.75. The van der Waals surface area contributed by atoms with E-state index in [0.717, 1.165) is 43.5 Å². The summed E-state index contributed by atoms with van der Waals surface area (Å²) in [5, 5.41) is 2.97. The molecule has 1 aliphatic carbocycles. The molecule has 3 rings (SSSR count). The van der Waals surface area contributed by atoms with Crippen molar-refractivity contribution in [3.63, 3.8) is 0 Å². The Morgan fingerprint density at radius 2 is 2.00 bits per heavy atom. The van der Waals surface area contributed by atoms with E-state index in [-0.39, 0.29) is 5.91 Å². The van der Waals surface area contributed by atoms with Crippen LogP contribution in [0.5, 0.6) is 0 Å². The molecular weight excluding hydrogens is 264 g/mol. The minimum Gasteiger partial charge on any atom is -0.398 e. The molecule has 1 aromatic carbocycles. The lowest BCUT2D eigenvalue weighted by molar-refractivity contribution is -0.117. The zero-order chi connectivity index (χ0) is 14.8. The SMILES string of the molecule is Cc1c(N)cccc1NC(=O)CN1CCN(C2CC2)CC1. The summed E-state index contributed by atoms with van der Waals surface area (Å²) >= 11 is 0. The maximum atomic E-state index is 12.2. The molecule has 1 saturated carbocycles. The first-order chi connectivity index (χ1) is 10.1. The second-order valence-corrected chi connectivity index (χ2v) is 6.11. The van der Waals surface area contributed by atoms with Crippen LogP contribution in [-0.4, -0.2) is 54.5 Å². The monoisotopic (exact) mass is 288 g/mol. The number of nitrogens with zero attached hydrogens (tertiary/aromatic N) is 2. The van der Waals surface area contributed by atoms with Gasteiger partial charge in [0.2, 0.25) is 5.91 Å². The molecule has 2 aliphatic rings. The minimum absolute atomic E-state index is 0.0450. The van der Waals surface area contributed by atoms with Crippen LogP contribution in [0.1, 0.15) is 18.4 Å². The van der Waals surface area contributed by atoms with Gasteiger partial charge in [-0.2, -0.15) is 0 Å². The number of benzene rings is 1. The number of carbonyl (C=O) groups excluding carboxylic acids is 1. The van der Waals surface area contributed by atoms with Crippen LogP contribution in [0.15, 0.2) is 18.2 Å². The summed E-state index contributed by atoms with van der Waals surface area (Å²) in [6.45, 7) is 6.55. The zero-order valence-electron chi connectivity index (χ0n) is 12.6. The van der Waals surface area contributed by atoms with Gasteiger partial charge < -0.3 is 11.1 Å². The summed E-state index contributed by atoms with van der Waals surface area (Å²) in [6.07, 6.45) is 2.71. The standard InChI is InChI=1S/C16H24N4O/c1-12-14(17)3-2-4-15(12)18-16(21)11-19-7-9-20(10-8-19)13-5-6-13/h2-4,13H,5-11,17H2,1H3,(H,18,21). The molecule has 114 valence electrons. The minimum atomic E-state index is 0.0450. The van der Waals surface area contributed by atoms with Gasteiger partial charge in [-0.15, -0.1) is 0 Å². The number of anilines is 2. The van der Waals surface area contributed by atoms with E-state index in [1.165, 1.54) is 12.8 Å². The average molecular weight is 288 g/mol. The predicted octanol–water partition coefficient (Wildman–Crippen LogP) is 1.30. The molecular formula is C16H24N4O. The van der Waals surface area contributed by atoms with E-state index in [0.29, 0.717) is 12.2 Å². The molecule has 0 radical (unpaired) electrons. The largest absolute Gasteiger partial charge is 0.398 e. The summed E-state index contributed by atoms with van der Waals surface area (Å²) in [5.74, 6) is 0.0450. The number of hydrogen-bond donors (Lipinski definition) is 2. The Balaban J connectivity index is 1.49. The number of nitrogens with one attached hydrogen (secondary N) is 1. The van der Waals surface area contributed by atoms with Crippen molar-refractivity contribution in [3.05, 3.63) is 23.8 Å². The summed E-state index contributed by atoms with van der Waals surface area (Å²) in [5.41, 5.74) is 8.33. The fourth-order valence-electron chi connectivity index (χ4n) is 2.91. The van der Waals surface area contributed by atoms with E-state index < -0.39 is 0 Å². The van der Waals surface area contributed by atoms with Gasteiger partial charge in [0.1, 0.15) is 0 Å². The topological polar surface area (TPSA) is 61.6 Å². The molecule has 5 heteroatoms. The summed E-state index contributed by atoms with van der Waals surface area (Å²) in [6, 6.07) is 6.44. The van der Waals surface area contributed by atoms with E-state index in [1.807, 2.05) is 25.1 Å². The van der Waals surface area contributed by atoms with Crippen molar-refractivity contribution in [2.24, 2.45) is 0 Å². The highest BCUT2D eigenvalue weighted by Gasteiger charge is 2.31. The van der Waals surface area contributed by atoms with Gasteiger partial charge in [-0.3, -0.25) is 14.6 Å². The second-order valence-electron chi connectivity index (χ2n) is 6.11. The third-order valence-electron chi connectivity index (χ3n) is 4.49. The highest BCUT2D eigenvalue weighted by atomic mass is 16.2. The third kappa shape index (κ3) is 3.54. The van der Waals surface area contributed by atoms with Crippen molar-refractivity contribution in [3.8, 4) is 0 Å². The molecule has 0 bridgehead atoms. The fourth-order valence-corrected chi connectivity index (χ4v) is 2.91.